The van der Waals surface area contributed by atoms with Crippen molar-refractivity contribution in [3.8, 4) is 0 Å². The van der Waals surface area contributed by atoms with Gasteiger partial charge in [-0.25, -0.2) is 0 Å². The molecule has 0 saturated heterocycles. The monoisotopic (exact) mass is 407 g/mol. The van der Waals surface area contributed by atoms with E-state index in [0.717, 1.165) is 27.6 Å². The van der Waals surface area contributed by atoms with Gasteiger partial charge < -0.3 is 9.40 Å². The number of H-pyrrole nitrogens is 1. The summed E-state index contributed by atoms with van der Waals surface area (Å²) in [5.74, 6) is 0. The highest BCUT2D eigenvalue weighted by molar-refractivity contribution is 6.36. The van der Waals surface area contributed by atoms with Crippen LogP contribution in [0.25, 0.3) is 76.1 Å². The standard InChI is InChI=1S/C30H17NO/c1-2-9-19-16-25-24(15-18(19)8-1)26-21-11-5-6-12-22(21)27-23-14-13-17-7-3-4-10-20(17)29(23)32-30(27)28(26)31-25/h1-16,31H. The fourth-order valence-corrected chi connectivity index (χ4v) is 5.52. The van der Waals surface area contributed by atoms with Gasteiger partial charge in [-0.3, -0.25) is 0 Å². The van der Waals surface area contributed by atoms with Gasteiger partial charge in [-0.2, -0.15) is 0 Å². The quantitative estimate of drug-likeness (QED) is 0.268. The Kier molecular flexibility index (Phi) is 2.91. The minimum Gasteiger partial charge on any atom is -0.453 e. The summed E-state index contributed by atoms with van der Waals surface area (Å²) >= 11 is 0. The number of aromatic amines is 1. The highest BCUT2D eigenvalue weighted by Gasteiger charge is 2.20. The molecular weight excluding hydrogens is 390 g/mol. The lowest BCUT2D eigenvalue weighted by Crippen LogP contribution is -1.78. The number of hydrogen-bond donors (Lipinski definition) is 1. The molecule has 0 spiro atoms. The molecule has 0 aliphatic carbocycles. The molecule has 2 heterocycles. The lowest BCUT2D eigenvalue weighted by atomic mass is 9.97. The summed E-state index contributed by atoms with van der Waals surface area (Å²) in [6, 6.07) is 34.7. The zero-order chi connectivity index (χ0) is 20.8. The minimum atomic E-state index is 0.935. The van der Waals surface area contributed by atoms with Crippen molar-refractivity contribution in [2.75, 3.05) is 0 Å². The fourth-order valence-electron chi connectivity index (χ4n) is 5.52. The van der Waals surface area contributed by atoms with Gasteiger partial charge in [0.25, 0.3) is 0 Å². The zero-order valence-electron chi connectivity index (χ0n) is 17.1. The zero-order valence-corrected chi connectivity index (χ0v) is 17.1. The first-order valence-corrected chi connectivity index (χ1v) is 11.0. The number of furan rings is 1. The summed E-state index contributed by atoms with van der Waals surface area (Å²) < 4.78 is 6.68. The number of benzene rings is 6. The molecule has 0 atom stereocenters. The summed E-state index contributed by atoms with van der Waals surface area (Å²) in [7, 11) is 0. The summed E-state index contributed by atoms with van der Waals surface area (Å²) in [5.41, 5.74) is 4.11. The van der Waals surface area contributed by atoms with E-state index in [0.29, 0.717) is 0 Å². The Morgan fingerprint density at radius 3 is 1.94 bits per heavy atom. The molecule has 2 aromatic heterocycles. The van der Waals surface area contributed by atoms with Crippen LogP contribution in [0.1, 0.15) is 0 Å². The average molecular weight is 407 g/mol. The smallest absolute Gasteiger partial charge is 0.160 e. The fraction of sp³-hybridized carbons (Fsp3) is 0. The third kappa shape index (κ3) is 1.95. The average Bonchev–Trinajstić information content (AvgIpc) is 3.42. The SMILES string of the molecule is c1ccc2cc3c(cc2c1)[nH]c1c2oc4c5ccccc5ccc4c2c2ccccc2c31. The van der Waals surface area contributed by atoms with Gasteiger partial charge in [-0.1, -0.05) is 78.9 Å². The third-order valence-corrected chi connectivity index (χ3v) is 6.94. The second kappa shape index (κ2) is 5.68. The summed E-state index contributed by atoms with van der Waals surface area (Å²) in [4.78, 5) is 3.72. The van der Waals surface area contributed by atoms with E-state index in [4.69, 9.17) is 4.42 Å². The van der Waals surface area contributed by atoms with Crippen LogP contribution in [-0.4, -0.2) is 4.98 Å². The van der Waals surface area contributed by atoms with Crippen molar-refractivity contribution in [1.82, 2.24) is 4.98 Å². The maximum Gasteiger partial charge on any atom is 0.160 e. The highest BCUT2D eigenvalue weighted by atomic mass is 16.3. The molecule has 2 heteroatoms. The second-order valence-corrected chi connectivity index (χ2v) is 8.64. The van der Waals surface area contributed by atoms with Crippen molar-refractivity contribution >= 4 is 76.1 Å². The van der Waals surface area contributed by atoms with E-state index in [1.165, 1.54) is 48.5 Å². The van der Waals surface area contributed by atoms with Crippen LogP contribution in [0.15, 0.2) is 101 Å². The molecule has 0 unspecified atom stereocenters. The van der Waals surface area contributed by atoms with Gasteiger partial charge in [-0.05, 0) is 45.1 Å². The van der Waals surface area contributed by atoms with Crippen LogP contribution in [0.3, 0.4) is 0 Å². The topological polar surface area (TPSA) is 28.9 Å². The minimum absolute atomic E-state index is 0.935. The maximum atomic E-state index is 6.68. The van der Waals surface area contributed by atoms with Crippen LogP contribution in [0.5, 0.6) is 0 Å². The summed E-state index contributed by atoms with van der Waals surface area (Å²) in [5, 5.41) is 12.2. The van der Waals surface area contributed by atoms with Crippen LogP contribution < -0.4 is 0 Å². The molecule has 1 N–H and O–H groups in total. The number of fused-ring (bicyclic) bond motifs is 13. The molecule has 0 aliphatic heterocycles. The van der Waals surface area contributed by atoms with E-state index in [-0.39, 0.29) is 0 Å². The molecule has 148 valence electrons. The molecule has 6 aromatic carbocycles. The van der Waals surface area contributed by atoms with E-state index in [1.54, 1.807) is 0 Å². The number of nitrogens with one attached hydrogen (secondary N) is 1. The van der Waals surface area contributed by atoms with Gasteiger partial charge in [0.2, 0.25) is 0 Å². The lowest BCUT2D eigenvalue weighted by Gasteiger charge is -2.04. The summed E-state index contributed by atoms with van der Waals surface area (Å²) in [6.07, 6.45) is 0. The van der Waals surface area contributed by atoms with Crippen LogP contribution in [0.4, 0.5) is 0 Å². The molecule has 0 amide bonds. The lowest BCUT2D eigenvalue weighted by molar-refractivity contribution is 0.676. The summed E-state index contributed by atoms with van der Waals surface area (Å²) in [6.45, 7) is 0. The molecule has 0 fully saturated rings. The normalized spacial score (nSPS) is 12.4. The van der Waals surface area contributed by atoms with Crippen molar-refractivity contribution in [2.45, 2.75) is 0 Å². The van der Waals surface area contributed by atoms with E-state index < -0.39 is 0 Å². The Labute approximate surface area is 182 Å². The van der Waals surface area contributed by atoms with E-state index in [1.807, 2.05) is 0 Å². The van der Waals surface area contributed by atoms with Crippen molar-refractivity contribution < 1.29 is 4.42 Å². The van der Waals surface area contributed by atoms with Gasteiger partial charge in [-0.15, -0.1) is 0 Å². The predicted molar refractivity (Wildman–Crippen MR) is 136 cm³/mol. The largest absolute Gasteiger partial charge is 0.453 e. The third-order valence-electron chi connectivity index (χ3n) is 6.94. The first-order chi connectivity index (χ1) is 15.9. The molecule has 8 aromatic rings. The molecule has 0 saturated carbocycles. The maximum absolute atomic E-state index is 6.68. The Morgan fingerprint density at radius 1 is 0.469 bits per heavy atom. The molecular formula is C30H17NO. The molecule has 8 rings (SSSR count). The number of rotatable bonds is 0. The Bertz CT molecular complexity index is 2020. The number of aromatic nitrogens is 1. The highest BCUT2D eigenvalue weighted by Crippen LogP contribution is 2.44. The molecule has 0 radical (unpaired) electrons. The van der Waals surface area contributed by atoms with E-state index in [9.17, 15) is 0 Å². The predicted octanol–water partition coefficient (Wildman–Crippen LogP) is 8.68. The molecule has 0 bridgehead atoms. The van der Waals surface area contributed by atoms with Gasteiger partial charge in [0, 0.05) is 32.4 Å². The first kappa shape index (κ1) is 16.4. The van der Waals surface area contributed by atoms with Crippen LogP contribution in [0.2, 0.25) is 0 Å². The van der Waals surface area contributed by atoms with Crippen molar-refractivity contribution in [1.29, 1.82) is 0 Å². The van der Waals surface area contributed by atoms with E-state index >= 15 is 0 Å². The van der Waals surface area contributed by atoms with Crippen LogP contribution >= 0.6 is 0 Å². The molecule has 2 nitrogen and oxygen atoms in total. The van der Waals surface area contributed by atoms with E-state index in [2.05, 4.69) is 102 Å². The van der Waals surface area contributed by atoms with Crippen molar-refractivity contribution in [3.63, 3.8) is 0 Å². The van der Waals surface area contributed by atoms with Crippen molar-refractivity contribution in [3.05, 3.63) is 97.1 Å². The van der Waals surface area contributed by atoms with Crippen molar-refractivity contribution in [2.24, 2.45) is 0 Å². The number of hydrogen-bond acceptors (Lipinski definition) is 1. The van der Waals surface area contributed by atoms with Crippen LogP contribution in [-0.2, 0) is 0 Å². The first-order valence-electron chi connectivity index (χ1n) is 11.0. The Morgan fingerprint density at radius 2 is 1.12 bits per heavy atom. The van der Waals surface area contributed by atoms with Gasteiger partial charge in [0.1, 0.15) is 5.58 Å². The van der Waals surface area contributed by atoms with Gasteiger partial charge >= 0.3 is 0 Å². The van der Waals surface area contributed by atoms with Crippen LogP contribution in [0, 0.1) is 0 Å². The molecule has 0 aliphatic rings. The Hall–Kier alpha value is -4.30. The van der Waals surface area contributed by atoms with Gasteiger partial charge in [0.15, 0.2) is 5.58 Å². The van der Waals surface area contributed by atoms with Gasteiger partial charge in [0.05, 0.1) is 5.52 Å². The Balaban J connectivity index is 1.70. The second-order valence-electron chi connectivity index (χ2n) is 8.64. The molecule has 32 heavy (non-hydrogen) atoms.